The zero-order chi connectivity index (χ0) is 20.6. The maximum absolute atomic E-state index is 12.7. The molecule has 0 aliphatic carbocycles. The van der Waals surface area contributed by atoms with Crippen LogP contribution in [0.15, 0.2) is 67.1 Å². The van der Waals surface area contributed by atoms with E-state index < -0.39 is 0 Å². The van der Waals surface area contributed by atoms with Gasteiger partial charge in [0, 0.05) is 56.0 Å². The van der Waals surface area contributed by atoms with E-state index in [1.165, 1.54) is 6.92 Å². The SMILES string of the molecule is CC(=O)Nc1ccc(Nc2cc(C(=O)N(C)CCc3ccncc3)ccn2)cc1. The first-order valence-corrected chi connectivity index (χ1v) is 9.26. The fraction of sp³-hybridized carbons (Fsp3) is 0.182. The fourth-order valence-corrected chi connectivity index (χ4v) is 2.79. The lowest BCUT2D eigenvalue weighted by atomic mass is 10.2. The van der Waals surface area contributed by atoms with E-state index in [0.29, 0.717) is 17.9 Å². The van der Waals surface area contributed by atoms with Crippen molar-refractivity contribution in [2.45, 2.75) is 13.3 Å². The van der Waals surface area contributed by atoms with Gasteiger partial charge in [0.1, 0.15) is 5.82 Å². The van der Waals surface area contributed by atoms with Crippen molar-refractivity contribution in [2.75, 3.05) is 24.2 Å². The number of carbonyl (C=O) groups is 2. The third-order valence-corrected chi connectivity index (χ3v) is 4.32. The van der Waals surface area contributed by atoms with Gasteiger partial charge in [0.25, 0.3) is 5.91 Å². The summed E-state index contributed by atoms with van der Waals surface area (Å²) in [5, 5.41) is 5.90. The molecule has 0 radical (unpaired) electrons. The molecule has 3 rings (SSSR count). The Bertz CT molecular complexity index is 974. The minimum atomic E-state index is -0.119. The molecule has 3 aromatic rings. The first kappa shape index (κ1) is 20.0. The first-order chi connectivity index (χ1) is 14.0. The van der Waals surface area contributed by atoms with Gasteiger partial charge in [-0.05, 0) is 60.5 Å². The highest BCUT2D eigenvalue weighted by Crippen LogP contribution is 2.19. The van der Waals surface area contributed by atoms with Gasteiger partial charge < -0.3 is 15.5 Å². The van der Waals surface area contributed by atoms with Crippen molar-refractivity contribution < 1.29 is 9.59 Å². The van der Waals surface area contributed by atoms with Crippen molar-refractivity contribution in [3.8, 4) is 0 Å². The molecule has 2 heterocycles. The van der Waals surface area contributed by atoms with E-state index in [1.54, 1.807) is 54.8 Å². The molecule has 0 bridgehead atoms. The van der Waals surface area contributed by atoms with Crippen molar-refractivity contribution in [2.24, 2.45) is 0 Å². The summed E-state index contributed by atoms with van der Waals surface area (Å²) in [4.78, 5) is 33.8. The topological polar surface area (TPSA) is 87.2 Å². The van der Waals surface area contributed by atoms with Gasteiger partial charge in [-0.15, -0.1) is 0 Å². The zero-order valence-electron chi connectivity index (χ0n) is 16.4. The van der Waals surface area contributed by atoms with Crippen LogP contribution in [0, 0.1) is 0 Å². The van der Waals surface area contributed by atoms with Crippen LogP contribution in [0.4, 0.5) is 17.2 Å². The normalized spacial score (nSPS) is 10.3. The highest BCUT2D eigenvalue weighted by Gasteiger charge is 2.12. The molecule has 2 N–H and O–H groups in total. The minimum Gasteiger partial charge on any atom is -0.341 e. The van der Waals surface area contributed by atoms with Crippen LogP contribution in [-0.2, 0) is 11.2 Å². The molecule has 0 unspecified atom stereocenters. The van der Waals surface area contributed by atoms with Crippen LogP contribution in [0.25, 0.3) is 0 Å². The number of likely N-dealkylation sites (N-methyl/N-ethyl adjacent to an activating group) is 1. The summed E-state index contributed by atoms with van der Waals surface area (Å²) >= 11 is 0. The van der Waals surface area contributed by atoms with E-state index in [1.807, 2.05) is 24.3 Å². The molecule has 2 amide bonds. The molecule has 0 spiro atoms. The second kappa shape index (κ2) is 9.45. The Kier molecular flexibility index (Phi) is 6.52. The molecule has 0 atom stereocenters. The Labute approximate surface area is 169 Å². The molecule has 0 saturated heterocycles. The lowest BCUT2D eigenvalue weighted by Crippen LogP contribution is -2.28. The molecule has 0 aliphatic rings. The van der Waals surface area contributed by atoms with E-state index in [9.17, 15) is 9.59 Å². The van der Waals surface area contributed by atoms with E-state index in [0.717, 1.165) is 23.4 Å². The smallest absolute Gasteiger partial charge is 0.253 e. The Balaban J connectivity index is 1.62. The van der Waals surface area contributed by atoms with Gasteiger partial charge in [0.05, 0.1) is 0 Å². The van der Waals surface area contributed by atoms with E-state index in [2.05, 4.69) is 20.6 Å². The van der Waals surface area contributed by atoms with E-state index in [-0.39, 0.29) is 11.8 Å². The number of hydrogen-bond donors (Lipinski definition) is 2. The molecule has 148 valence electrons. The largest absolute Gasteiger partial charge is 0.341 e. The quantitative estimate of drug-likeness (QED) is 0.646. The van der Waals surface area contributed by atoms with Crippen molar-refractivity contribution >= 4 is 29.0 Å². The number of hydrogen-bond acceptors (Lipinski definition) is 5. The van der Waals surface area contributed by atoms with Crippen LogP contribution in [0.3, 0.4) is 0 Å². The van der Waals surface area contributed by atoms with Crippen molar-refractivity contribution in [3.05, 3.63) is 78.2 Å². The average Bonchev–Trinajstić information content (AvgIpc) is 2.73. The number of aromatic nitrogens is 2. The maximum Gasteiger partial charge on any atom is 0.253 e. The van der Waals surface area contributed by atoms with Gasteiger partial charge in [-0.2, -0.15) is 0 Å². The van der Waals surface area contributed by atoms with Gasteiger partial charge in [-0.3, -0.25) is 14.6 Å². The Morgan fingerprint density at radius 3 is 2.34 bits per heavy atom. The summed E-state index contributed by atoms with van der Waals surface area (Å²) in [6, 6.07) is 14.6. The second-order valence-corrected chi connectivity index (χ2v) is 6.65. The van der Waals surface area contributed by atoms with Gasteiger partial charge in [-0.25, -0.2) is 4.98 Å². The standard InChI is InChI=1S/C22H23N5O2/c1-16(28)25-19-3-5-20(6-4-19)26-21-15-18(9-13-24-21)22(29)27(2)14-10-17-7-11-23-12-8-17/h3-9,11-13,15H,10,14H2,1-2H3,(H,24,26)(H,25,28). The van der Waals surface area contributed by atoms with Crippen molar-refractivity contribution in [1.82, 2.24) is 14.9 Å². The fourth-order valence-electron chi connectivity index (χ4n) is 2.79. The number of pyridine rings is 2. The second-order valence-electron chi connectivity index (χ2n) is 6.65. The monoisotopic (exact) mass is 389 g/mol. The van der Waals surface area contributed by atoms with Crippen LogP contribution >= 0.6 is 0 Å². The molecular weight excluding hydrogens is 366 g/mol. The van der Waals surface area contributed by atoms with E-state index in [4.69, 9.17) is 0 Å². The maximum atomic E-state index is 12.7. The molecular formula is C22H23N5O2. The number of anilines is 3. The van der Waals surface area contributed by atoms with Crippen LogP contribution in [0.5, 0.6) is 0 Å². The number of nitrogens with one attached hydrogen (secondary N) is 2. The summed E-state index contributed by atoms with van der Waals surface area (Å²) in [5.74, 6) is 0.391. The van der Waals surface area contributed by atoms with Gasteiger partial charge >= 0.3 is 0 Å². The zero-order valence-corrected chi connectivity index (χ0v) is 16.4. The molecule has 7 heteroatoms. The van der Waals surface area contributed by atoms with Gasteiger partial charge in [0.2, 0.25) is 5.91 Å². The lowest BCUT2D eigenvalue weighted by Gasteiger charge is -2.17. The first-order valence-electron chi connectivity index (χ1n) is 9.26. The van der Waals surface area contributed by atoms with Crippen LogP contribution in [0.1, 0.15) is 22.8 Å². The van der Waals surface area contributed by atoms with Crippen LogP contribution < -0.4 is 10.6 Å². The predicted molar refractivity (Wildman–Crippen MR) is 113 cm³/mol. The summed E-state index contributed by atoms with van der Waals surface area (Å²) in [5.41, 5.74) is 3.23. The van der Waals surface area contributed by atoms with Crippen LogP contribution in [-0.4, -0.2) is 40.3 Å². The molecule has 1 aromatic carbocycles. The molecule has 0 fully saturated rings. The summed E-state index contributed by atoms with van der Waals surface area (Å²) in [6.45, 7) is 2.07. The summed E-state index contributed by atoms with van der Waals surface area (Å²) in [6.07, 6.45) is 5.88. The molecule has 7 nitrogen and oxygen atoms in total. The minimum absolute atomic E-state index is 0.0643. The number of nitrogens with zero attached hydrogens (tertiary/aromatic N) is 3. The molecule has 0 aliphatic heterocycles. The van der Waals surface area contributed by atoms with Crippen molar-refractivity contribution in [3.63, 3.8) is 0 Å². The molecule has 2 aromatic heterocycles. The summed E-state index contributed by atoms with van der Waals surface area (Å²) < 4.78 is 0. The van der Waals surface area contributed by atoms with Crippen molar-refractivity contribution in [1.29, 1.82) is 0 Å². The highest BCUT2D eigenvalue weighted by atomic mass is 16.2. The number of rotatable bonds is 7. The number of amides is 2. The Morgan fingerprint density at radius 1 is 0.966 bits per heavy atom. The number of benzene rings is 1. The Hall–Kier alpha value is -3.74. The van der Waals surface area contributed by atoms with Gasteiger partial charge in [0.15, 0.2) is 0 Å². The van der Waals surface area contributed by atoms with Crippen LogP contribution in [0.2, 0.25) is 0 Å². The predicted octanol–water partition coefficient (Wildman–Crippen LogP) is 3.49. The van der Waals surface area contributed by atoms with E-state index >= 15 is 0 Å². The summed E-state index contributed by atoms with van der Waals surface area (Å²) in [7, 11) is 1.79. The third-order valence-electron chi connectivity index (χ3n) is 4.32. The Morgan fingerprint density at radius 2 is 1.66 bits per heavy atom. The highest BCUT2D eigenvalue weighted by molar-refractivity contribution is 5.94. The molecule has 29 heavy (non-hydrogen) atoms. The lowest BCUT2D eigenvalue weighted by molar-refractivity contribution is -0.114. The average molecular weight is 389 g/mol. The number of carbonyl (C=O) groups excluding carboxylic acids is 2. The van der Waals surface area contributed by atoms with Gasteiger partial charge in [-0.1, -0.05) is 0 Å². The third kappa shape index (κ3) is 5.87. The molecule has 0 saturated carbocycles.